The maximum atomic E-state index is 13.1. The van der Waals surface area contributed by atoms with Gasteiger partial charge >= 0.3 is 0 Å². The highest BCUT2D eigenvalue weighted by molar-refractivity contribution is 7.10. The fourth-order valence-corrected chi connectivity index (χ4v) is 5.17. The van der Waals surface area contributed by atoms with E-state index in [-0.39, 0.29) is 17.8 Å². The standard InChI is InChI=1S/C21H22N4OS/c1-21(18(14-6-4-7-14)19(26)25(2)20(23)24-21)17-10-16(12-27-17)15-8-3-5-13(9-15)11-22/h3,5,8-10,12,14,18H,4,6-7H2,1-2H3,(H2,23,24)/t18-,21+/m0/s1. The first-order valence-corrected chi connectivity index (χ1v) is 10.0. The number of carbonyl (C=O) groups is 1. The van der Waals surface area contributed by atoms with Crippen molar-refractivity contribution in [1.29, 1.82) is 5.26 Å². The Morgan fingerprint density at radius 1 is 1.33 bits per heavy atom. The molecular formula is C21H22N4OS. The van der Waals surface area contributed by atoms with Crippen molar-refractivity contribution >= 4 is 23.2 Å². The lowest BCUT2D eigenvalue weighted by Gasteiger charge is -2.46. The fraction of sp³-hybridized carbons (Fsp3) is 0.381. The van der Waals surface area contributed by atoms with Crippen molar-refractivity contribution in [2.45, 2.75) is 31.7 Å². The van der Waals surface area contributed by atoms with Crippen LogP contribution in [0.25, 0.3) is 11.1 Å². The van der Waals surface area contributed by atoms with Crippen LogP contribution in [0.4, 0.5) is 0 Å². The molecule has 0 spiro atoms. The van der Waals surface area contributed by atoms with Gasteiger partial charge in [0.1, 0.15) is 5.54 Å². The quantitative estimate of drug-likeness (QED) is 0.884. The number of aliphatic imine (C=N–C) groups is 1. The Kier molecular flexibility index (Phi) is 4.27. The normalized spacial score (nSPS) is 25.7. The van der Waals surface area contributed by atoms with Crippen LogP contribution in [-0.2, 0) is 10.3 Å². The van der Waals surface area contributed by atoms with Gasteiger partial charge in [-0.3, -0.25) is 9.69 Å². The van der Waals surface area contributed by atoms with Crippen LogP contribution in [0.3, 0.4) is 0 Å². The van der Waals surface area contributed by atoms with Crippen LogP contribution < -0.4 is 5.73 Å². The summed E-state index contributed by atoms with van der Waals surface area (Å²) in [7, 11) is 1.71. The van der Waals surface area contributed by atoms with E-state index in [0.717, 1.165) is 28.8 Å². The number of guanidine groups is 1. The van der Waals surface area contributed by atoms with Gasteiger partial charge in [-0.1, -0.05) is 18.6 Å². The third kappa shape index (κ3) is 2.83. The molecule has 2 atom stereocenters. The number of benzene rings is 1. The second-order valence-corrected chi connectivity index (χ2v) is 8.49. The third-order valence-corrected chi connectivity index (χ3v) is 7.09. The lowest BCUT2D eigenvalue weighted by Crippen LogP contribution is -2.56. The molecule has 1 fully saturated rings. The summed E-state index contributed by atoms with van der Waals surface area (Å²) in [5.74, 6) is 0.519. The molecule has 1 aromatic heterocycles. The predicted molar refractivity (Wildman–Crippen MR) is 107 cm³/mol. The maximum absolute atomic E-state index is 13.1. The first-order chi connectivity index (χ1) is 12.9. The summed E-state index contributed by atoms with van der Waals surface area (Å²) >= 11 is 1.61. The van der Waals surface area contributed by atoms with Crippen LogP contribution in [0.5, 0.6) is 0 Å². The minimum Gasteiger partial charge on any atom is -0.369 e. The molecule has 1 amide bonds. The maximum Gasteiger partial charge on any atom is 0.235 e. The van der Waals surface area contributed by atoms with Gasteiger partial charge < -0.3 is 5.73 Å². The molecule has 0 unspecified atom stereocenters. The van der Waals surface area contributed by atoms with Gasteiger partial charge in [-0.25, -0.2) is 4.99 Å². The van der Waals surface area contributed by atoms with Gasteiger partial charge in [0.15, 0.2) is 5.96 Å². The van der Waals surface area contributed by atoms with Gasteiger partial charge in [0.05, 0.1) is 17.6 Å². The van der Waals surface area contributed by atoms with E-state index in [4.69, 9.17) is 16.0 Å². The average Bonchev–Trinajstić information content (AvgIpc) is 3.13. The highest BCUT2D eigenvalue weighted by Gasteiger charge is 2.51. The molecule has 0 bridgehead atoms. The minimum atomic E-state index is -0.644. The monoisotopic (exact) mass is 378 g/mol. The second-order valence-electron chi connectivity index (χ2n) is 7.58. The van der Waals surface area contributed by atoms with Gasteiger partial charge in [-0.15, -0.1) is 11.3 Å². The summed E-state index contributed by atoms with van der Waals surface area (Å²) < 4.78 is 0. The van der Waals surface area contributed by atoms with E-state index < -0.39 is 5.54 Å². The van der Waals surface area contributed by atoms with E-state index >= 15 is 0 Å². The molecule has 138 valence electrons. The largest absolute Gasteiger partial charge is 0.369 e. The molecule has 2 aliphatic rings. The van der Waals surface area contributed by atoms with Gasteiger partial charge in [-0.2, -0.15) is 5.26 Å². The summed E-state index contributed by atoms with van der Waals surface area (Å²) in [6.07, 6.45) is 3.31. The van der Waals surface area contributed by atoms with Crippen LogP contribution in [0.2, 0.25) is 0 Å². The Bertz CT molecular complexity index is 969. The zero-order chi connectivity index (χ0) is 19.2. The van der Waals surface area contributed by atoms with Crippen molar-refractivity contribution in [1.82, 2.24) is 4.90 Å². The first kappa shape index (κ1) is 17.7. The number of nitrogens with zero attached hydrogens (tertiary/aromatic N) is 3. The van der Waals surface area contributed by atoms with Crippen molar-refractivity contribution in [2.75, 3.05) is 7.05 Å². The Hall–Kier alpha value is -2.65. The molecule has 2 N–H and O–H groups in total. The highest BCUT2D eigenvalue weighted by atomic mass is 32.1. The lowest BCUT2D eigenvalue weighted by molar-refractivity contribution is -0.138. The number of hydrogen-bond acceptors (Lipinski definition) is 5. The molecule has 1 aromatic carbocycles. The van der Waals surface area contributed by atoms with E-state index in [1.807, 2.05) is 25.1 Å². The number of nitriles is 1. The Morgan fingerprint density at radius 2 is 2.11 bits per heavy atom. The van der Waals surface area contributed by atoms with Gasteiger partial charge in [-0.05, 0) is 60.4 Å². The predicted octanol–water partition coefficient (Wildman–Crippen LogP) is 3.70. The number of rotatable bonds is 3. The van der Waals surface area contributed by atoms with E-state index in [1.165, 1.54) is 11.3 Å². The second kappa shape index (κ2) is 6.50. The Balaban J connectivity index is 1.77. The molecule has 1 aliphatic heterocycles. The number of thiophene rings is 1. The third-order valence-electron chi connectivity index (χ3n) is 5.94. The van der Waals surface area contributed by atoms with Gasteiger partial charge in [0, 0.05) is 11.9 Å². The molecule has 4 rings (SSSR count). The zero-order valence-electron chi connectivity index (χ0n) is 15.5. The van der Waals surface area contributed by atoms with Crippen molar-refractivity contribution in [3.8, 4) is 17.2 Å². The van der Waals surface area contributed by atoms with Crippen molar-refractivity contribution < 1.29 is 4.79 Å². The van der Waals surface area contributed by atoms with Crippen molar-refractivity contribution in [3.05, 3.63) is 46.2 Å². The van der Waals surface area contributed by atoms with E-state index in [0.29, 0.717) is 11.5 Å². The molecule has 5 nitrogen and oxygen atoms in total. The van der Waals surface area contributed by atoms with E-state index in [9.17, 15) is 4.79 Å². The molecular weight excluding hydrogens is 356 g/mol. The summed E-state index contributed by atoms with van der Waals surface area (Å²) in [6, 6.07) is 11.8. The van der Waals surface area contributed by atoms with Crippen molar-refractivity contribution in [2.24, 2.45) is 22.6 Å². The molecule has 1 saturated carbocycles. The Morgan fingerprint density at radius 3 is 2.78 bits per heavy atom. The molecule has 1 aliphatic carbocycles. The molecule has 2 aromatic rings. The molecule has 2 heterocycles. The SMILES string of the molecule is CN1C(=O)[C@H](C2CCC2)[C@@](C)(c2cc(-c3cccc(C#N)c3)cs2)N=C1N. The summed E-state index contributed by atoms with van der Waals surface area (Å²) in [5, 5.41) is 11.2. The van der Waals surface area contributed by atoms with Gasteiger partial charge in [0.25, 0.3) is 0 Å². The summed E-state index contributed by atoms with van der Waals surface area (Å²) in [5.41, 5.74) is 8.11. The molecule has 0 saturated heterocycles. The summed E-state index contributed by atoms with van der Waals surface area (Å²) in [4.78, 5) is 20.4. The van der Waals surface area contributed by atoms with E-state index in [2.05, 4.69) is 17.5 Å². The van der Waals surface area contributed by atoms with Crippen LogP contribution in [-0.4, -0.2) is 23.8 Å². The Labute approximate surface area is 163 Å². The van der Waals surface area contributed by atoms with Crippen LogP contribution >= 0.6 is 11.3 Å². The summed E-state index contributed by atoms with van der Waals surface area (Å²) in [6.45, 7) is 2.04. The van der Waals surface area contributed by atoms with Crippen LogP contribution in [0, 0.1) is 23.2 Å². The number of carbonyl (C=O) groups excluding carboxylic acids is 1. The first-order valence-electron chi connectivity index (χ1n) is 9.16. The average molecular weight is 379 g/mol. The van der Waals surface area contributed by atoms with E-state index in [1.54, 1.807) is 24.5 Å². The van der Waals surface area contributed by atoms with Crippen LogP contribution in [0.1, 0.15) is 36.6 Å². The lowest BCUT2D eigenvalue weighted by atomic mass is 9.66. The topological polar surface area (TPSA) is 82.5 Å². The molecule has 0 radical (unpaired) electrons. The highest BCUT2D eigenvalue weighted by Crippen LogP contribution is 2.49. The number of amides is 1. The smallest absolute Gasteiger partial charge is 0.235 e. The number of hydrogen-bond donors (Lipinski definition) is 1. The van der Waals surface area contributed by atoms with Gasteiger partial charge in [0.2, 0.25) is 5.91 Å². The van der Waals surface area contributed by atoms with Crippen molar-refractivity contribution in [3.63, 3.8) is 0 Å². The minimum absolute atomic E-state index is 0.0659. The molecule has 27 heavy (non-hydrogen) atoms. The number of nitrogens with two attached hydrogens (primary N) is 1. The zero-order valence-corrected chi connectivity index (χ0v) is 16.3. The molecule has 6 heteroatoms. The van der Waals surface area contributed by atoms with Crippen LogP contribution in [0.15, 0.2) is 40.7 Å². The fourth-order valence-electron chi connectivity index (χ4n) is 4.11.